The third-order valence-corrected chi connectivity index (χ3v) is 4.49. The van der Waals surface area contributed by atoms with Crippen LogP contribution in [-0.4, -0.2) is 20.5 Å². The summed E-state index contributed by atoms with van der Waals surface area (Å²) in [6.45, 7) is 5.86. The van der Waals surface area contributed by atoms with E-state index in [4.69, 9.17) is 9.88 Å². The van der Waals surface area contributed by atoms with Crippen molar-refractivity contribution < 1.29 is 17.9 Å². The van der Waals surface area contributed by atoms with Crippen molar-refractivity contribution in [3.63, 3.8) is 0 Å². The number of carbonyl (C=O) groups is 1. The van der Waals surface area contributed by atoms with Crippen molar-refractivity contribution in [2.45, 2.75) is 38.2 Å². The van der Waals surface area contributed by atoms with Gasteiger partial charge in [-0.05, 0) is 53.4 Å². The van der Waals surface area contributed by atoms with E-state index in [1.807, 2.05) is 13.8 Å². The summed E-state index contributed by atoms with van der Waals surface area (Å²) < 4.78 is 28.4. The van der Waals surface area contributed by atoms with E-state index in [1.165, 1.54) is 18.2 Å². The minimum atomic E-state index is -3.89. The van der Waals surface area contributed by atoms with Gasteiger partial charge in [0.15, 0.2) is 0 Å². The minimum Gasteiger partial charge on any atom is -0.459 e. The molecule has 0 radical (unpaired) electrons. The van der Waals surface area contributed by atoms with Crippen LogP contribution >= 0.6 is 15.9 Å². The predicted octanol–water partition coefficient (Wildman–Crippen LogP) is 2.69. The van der Waals surface area contributed by atoms with Gasteiger partial charge in [-0.3, -0.25) is 0 Å². The highest BCUT2D eigenvalue weighted by molar-refractivity contribution is 9.10. The van der Waals surface area contributed by atoms with Crippen molar-refractivity contribution in [3.05, 3.63) is 28.2 Å². The molecule has 7 heteroatoms. The Morgan fingerprint density at radius 2 is 1.95 bits per heavy atom. The predicted molar refractivity (Wildman–Crippen MR) is 79.8 cm³/mol. The van der Waals surface area contributed by atoms with Crippen LogP contribution in [0, 0.1) is 5.92 Å². The van der Waals surface area contributed by atoms with Gasteiger partial charge in [0.05, 0.1) is 16.6 Å². The molecule has 0 bridgehead atoms. The molecule has 0 amide bonds. The Labute approximate surface area is 127 Å². The molecule has 20 heavy (non-hydrogen) atoms. The average Bonchev–Trinajstić information content (AvgIpc) is 2.26. The molecule has 0 spiro atoms. The van der Waals surface area contributed by atoms with Crippen LogP contribution in [0.4, 0.5) is 0 Å². The Morgan fingerprint density at radius 1 is 1.35 bits per heavy atom. The molecule has 1 atom stereocenters. The third kappa shape index (κ3) is 4.88. The molecule has 0 saturated heterocycles. The number of hydrogen-bond donors (Lipinski definition) is 1. The molecule has 1 aromatic rings. The minimum absolute atomic E-state index is 0.136. The Hall–Kier alpha value is -0.920. The molecule has 0 heterocycles. The van der Waals surface area contributed by atoms with E-state index in [2.05, 4.69) is 15.9 Å². The van der Waals surface area contributed by atoms with Gasteiger partial charge in [-0.15, -0.1) is 0 Å². The van der Waals surface area contributed by atoms with E-state index in [-0.39, 0.29) is 16.6 Å². The highest BCUT2D eigenvalue weighted by Crippen LogP contribution is 2.23. The first-order valence-corrected chi connectivity index (χ1v) is 8.48. The first-order valence-electron chi connectivity index (χ1n) is 6.14. The Morgan fingerprint density at radius 3 is 2.45 bits per heavy atom. The van der Waals surface area contributed by atoms with Crippen LogP contribution in [0.1, 0.15) is 37.6 Å². The Bertz CT molecular complexity index is 598. The van der Waals surface area contributed by atoms with Crippen molar-refractivity contribution in [1.82, 2.24) is 0 Å². The van der Waals surface area contributed by atoms with E-state index in [1.54, 1.807) is 6.92 Å². The molecule has 0 aromatic heterocycles. The van der Waals surface area contributed by atoms with Gasteiger partial charge in [0, 0.05) is 4.47 Å². The normalized spacial score (nSPS) is 13.3. The summed E-state index contributed by atoms with van der Waals surface area (Å²) in [6, 6.07) is 4.16. The maximum Gasteiger partial charge on any atom is 0.338 e. The van der Waals surface area contributed by atoms with Crippen molar-refractivity contribution in [2.75, 3.05) is 0 Å². The molecule has 2 N–H and O–H groups in total. The van der Waals surface area contributed by atoms with Gasteiger partial charge in [-0.25, -0.2) is 18.4 Å². The number of nitrogens with two attached hydrogens (primary N) is 1. The fourth-order valence-corrected chi connectivity index (χ4v) is 3.37. The van der Waals surface area contributed by atoms with Crippen LogP contribution in [0.15, 0.2) is 27.6 Å². The van der Waals surface area contributed by atoms with E-state index < -0.39 is 16.0 Å². The lowest BCUT2D eigenvalue weighted by Gasteiger charge is -2.15. The second-order valence-corrected chi connectivity index (χ2v) is 7.42. The summed E-state index contributed by atoms with van der Waals surface area (Å²) in [4.78, 5) is 11.8. The lowest BCUT2D eigenvalue weighted by molar-refractivity contribution is 0.0299. The maximum absolute atomic E-state index is 12.0. The number of rotatable bonds is 5. The SMILES string of the molecule is CC(C)CC(C)OC(=O)c1ccc(Br)c(S(N)(=O)=O)c1. The van der Waals surface area contributed by atoms with Gasteiger partial charge in [0.1, 0.15) is 0 Å². The van der Waals surface area contributed by atoms with Crippen LogP contribution in [-0.2, 0) is 14.8 Å². The lowest BCUT2D eigenvalue weighted by Crippen LogP contribution is -2.18. The van der Waals surface area contributed by atoms with Crippen LogP contribution in [0.3, 0.4) is 0 Å². The van der Waals surface area contributed by atoms with Gasteiger partial charge < -0.3 is 4.74 Å². The number of sulfonamides is 1. The van der Waals surface area contributed by atoms with Crippen molar-refractivity contribution in [3.8, 4) is 0 Å². The van der Waals surface area contributed by atoms with Gasteiger partial charge >= 0.3 is 5.97 Å². The first-order chi connectivity index (χ1) is 9.11. The number of carbonyl (C=O) groups excluding carboxylic acids is 1. The molecule has 0 aliphatic carbocycles. The fourth-order valence-electron chi connectivity index (χ4n) is 1.81. The van der Waals surface area contributed by atoms with Crippen LogP contribution in [0.2, 0.25) is 0 Å². The van der Waals surface area contributed by atoms with E-state index in [0.717, 1.165) is 6.42 Å². The average molecular weight is 364 g/mol. The molecule has 1 aromatic carbocycles. The van der Waals surface area contributed by atoms with Crippen LogP contribution in [0.5, 0.6) is 0 Å². The monoisotopic (exact) mass is 363 g/mol. The second kappa shape index (κ2) is 6.69. The molecule has 112 valence electrons. The van der Waals surface area contributed by atoms with Crippen molar-refractivity contribution in [1.29, 1.82) is 0 Å². The van der Waals surface area contributed by atoms with Crippen LogP contribution in [0.25, 0.3) is 0 Å². The fraction of sp³-hybridized carbons (Fsp3) is 0.462. The Kier molecular flexibility index (Phi) is 5.73. The van der Waals surface area contributed by atoms with Gasteiger partial charge in [0.25, 0.3) is 0 Å². The summed E-state index contributed by atoms with van der Waals surface area (Å²) in [5.41, 5.74) is 0.160. The molecule has 0 saturated carbocycles. The molecule has 5 nitrogen and oxygen atoms in total. The summed E-state index contributed by atoms with van der Waals surface area (Å²) in [6.07, 6.45) is 0.508. The quantitative estimate of drug-likeness (QED) is 0.814. The number of ether oxygens (including phenoxy) is 1. The number of esters is 1. The highest BCUT2D eigenvalue weighted by atomic mass is 79.9. The van der Waals surface area contributed by atoms with E-state index in [9.17, 15) is 13.2 Å². The Balaban J connectivity index is 2.95. The smallest absolute Gasteiger partial charge is 0.338 e. The standard InChI is InChI=1S/C13H18BrNO4S/c1-8(2)6-9(3)19-13(16)10-4-5-11(14)12(7-10)20(15,17)18/h4-5,7-9H,6H2,1-3H3,(H2,15,17,18). The van der Waals surface area contributed by atoms with Crippen LogP contribution < -0.4 is 5.14 Å². The lowest BCUT2D eigenvalue weighted by atomic mass is 10.1. The molecule has 0 fully saturated rings. The van der Waals surface area contributed by atoms with E-state index in [0.29, 0.717) is 10.4 Å². The molecule has 0 aliphatic heterocycles. The summed E-state index contributed by atoms with van der Waals surface area (Å²) in [5.74, 6) is -0.154. The first kappa shape index (κ1) is 17.1. The van der Waals surface area contributed by atoms with Crippen molar-refractivity contribution >= 4 is 31.9 Å². The summed E-state index contributed by atoms with van der Waals surface area (Å²) >= 11 is 3.09. The molecule has 1 rings (SSSR count). The van der Waals surface area contributed by atoms with Gasteiger partial charge in [-0.1, -0.05) is 13.8 Å². The number of halogens is 1. The maximum atomic E-state index is 12.0. The van der Waals surface area contributed by atoms with Crippen molar-refractivity contribution in [2.24, 2.45) is 11.1 Å². The number of benzene rings is 1. The second-order valence-electron chi connectivity index (χ2n) is 5.04. The van der Waals surface area contributed by atoms with E-state index >= 15 is 0 Å². The van der Waals surface area contributed by atoms with Gasteiger partial charge in [0.2, 0.25) is 10.0 Å². The highest BCUT2D eigenvalue weighted by Gasteiger charge is 2.18. The third-order valence-electron chi connectivity index (χ3n) is 2.58. The number of hydrogen-bond acceptors (Lipinski definition) is 4. The molecular formula is C13H18BrNO4S. The zero-order valence-corrected chi connectivity index (χ0v) is 14.0. The summed E-state index contributed by atoms with van der Waals surface area (Å²) in [7, 11) is -3.89. The summed E-state index contributed by atoms with van der Waals surface area (Å²) in [5, 5.41) is 5.08. The molecular weight excluding hydrogens is 346 g/mol. The zero-order valence-electron chi connectivity index (χ0n) is 11.6. The zero-order chi connectivity index (χ0) is 15.5. The topological polar surface area (TPSA) is 86.5 Å². The molecule has 0 aliphatic rings. The number of primary sulfonamides is 1. The van der Waals surface area contributed by atoms with Gasteiger partial charge in [-0.2, -0.15) is 0 Å². The largest absolute Gasteiger partial charge is 0.459 e. The molecule has 1 unspecified atom stereocenters.